The lowest BCUT2D eigenvalue weighted by Gasteiger charge is -2.60. The lowest BCUT2D eigenvalue weighted by molar-refractivity contribution is -0.180. The summed E-state index contributed by atoms with van der Waals surface area (Å²) in [6.07, 6.45) is 9.39. The molecule has 0 N–H and O–H groups in total. The Kier molecular flexibility index (Phi) is 5.21. The van der Waals surface area contributed by atoms with E-state index in [-0.39, 0.29) is 16.7 Å². The molecule has 0 unspecified atom stereocenters. The molecule has 0 aliphatic heterocycles. The van der Waals surface area contributed by atoms with Crippen molar-refractivity contribution in [3.63, 3.8) is 0 Å². The molecule has 0 bridgehead atoms. The number of hydrogen-bond donors (Lipinski definition) is 0. The van der Waals surface area contributed by atoms with Crippen molar-refractivity contribution >= 4 is 0 Å². The summed E-state index contributed by atoms with van der Waals surface area (Å²) in [6, 6.07) is 0.450. The molecule has 6 nitrogen and oxygen atoms in total. The maximum Gasteiger partial charge on any atom is 0.330 e. The molecule has 0 amide bonds. The fraction of sp³-hybridized carbons (Fsp3) is 0.789. The van der Waals surface area contributed by atoms with Gasteiger partial charge in [-0.1, -0.05) is 19.3 Å². The predicted octanol–water partition coefficient (Wildman–Crippen LogP) is 1.64. The van der Waals surface area contributed by atoms with E-state index in [9.17, 15) is 9.59 Å². The highest BCUT2D eigenvalue weighted by molar-refractivity contribution is 5.12. The second-order valence-electron chi connectivity index (χ2n) is 7.82. The zero-order valence-corrected chi connectivity index (χ0v) is 16.0. The van der Waals surface area contributed by atoms with Crippen molar-refractivity contribution in [1.82, 2.24) is 14.0 Å². The maximum atomic E-state index is 12.4. The third-order valence-electron chi connectivity index (χ3n) is 6.36. The Morgan fingerprint density at radius 2 is 1.92 bits per heavy atom. The highest BCUT2D eigenvalue weighted by Gasteiger charge is 2.56. The van der Waals surface area contributed by atoms with Crippen LogP contribution in [0.2, 0.25) is 0 Å². The smallest absolute Gasteiger partial charge is 0.330 e. The average Bonchev–Trinajstić information content (AvgIpc) is 2.61. The van der Waals surface area contributed by atoms with Gasteiger partial charge in [0.25, 0.3) is 5.56 Å². The summed E-state index contributed by atoms with van der Waals surface area (Å²) in [5, 5.41) is 0. The van der Waals surface area contributed by atoms with E-state index in [2.05, 4.69) is 18.9 Å². The first kappa shape index (κ1) is 18.4. The molecule has 1 heterocycles. The highest BCUT2D eigenvalue weighted by atomic mass is 16.5. The minimum absolute atomic E-state index is 0.187. The van der Waals surface area contributed by atoms with Crippen LogP contribution in [-0.4, -0.2) is 39.8 Å². The van der Waals surface area contributed by atoms with Crippen LogP contribution in [0.15, 0.2) is 15.8 Å². The largest absolute Gasteiger partial charge is 0.378 e. The Morgan fingerprint density at radius 1 is 1.24 bits per heavy atom. The van der Waals surface area contributed by atoms with Gasteiger partial charge < -0.3 is 9.30 Å². The Hall–Kier alpha value is -1.40. The molecule has 0 aromatic carbocycles. The van der Waals surface area contributed by atoms with Gasteiger partial charge in [0.15, 0.2) is 0 Å². The van der Waals surface area contributed by atoms with E-state index in [4.69, 9.17) is 4.74 Å². The van der Waals surface area contributed by atoms with Crippen molar-refractivity contribution in [1.29, 1.82) is 0 Å². The second-order valence-corrected chi connectivity index (χ2v) is 7.82. The number of hydrogen-bond acceptors (Lipinski definition) is 4. The van der Waals surface area contributed by atoms with Gasteiger partial charge in [-0.2, -0.15) is 0 Å². The van der Waals surface area contributed by atoms with E-state index in [0.717, 1.165) is 13.0 Å². The van der Waals surface area contributed by atoms with Gasteiger partial charge in [-0.25, -0.2) is 4.79 Å². The number of nitrogens with zero attached hydrogens (tertiary/aromatic N) is 3. The minimum atomic E-state index is -0.278. The van der Waals surface area contributed by atoms with Crippen LogP contribution in [0.4, 0.5) is 0 Å². The molecule has 0 radical (unpaired) electrons. The van der Waals surface area contributed by atoms with Crippen LogP contribution in [0, 0.1) is 5.41 Å². The molecule has 1 aromatic heterocycles. The zero-order valence-electron chi connectivity index (χ0n) is 16.0. The molecular formula is C19H31N3O3. The van der Waals surface area contributed by atoms with Crippen LogP contribution in [-0.2, 0) is 25.4 Å². The summed E-state index contributed by atoms with van der Waals surface area (Å²) in [7, 11) is 5.35. The summed E-state index contributed by atoms with van der Waals surface area (Å²) in [6.45, 7) is 3.41. The van der Waals surface area contributed by atoms with Gasteiger partial charge in [-0.3, -0.25) is 14.3 Å². The Balaban J connectivity index is 1.81. The monoisotopic (exact) mass is 349 g/mol. The summed E-state index contributed by atoms with van der Waals surface area (Å²) in [5.41, 5.74) is 0.459. The molecule has 1 spiro atoms. The van der Waals surface area contributed by atoms with Gasteiger partial charge in [0.1, 0.15) is 0 Å². The average molecular weight is 349 g/mol. The van der Waals surface area contributed by atoms with Crippen molar-refractivity contribution in [3.05, 3.63) is 32.6 Å². The SMILES string of the molecule is CCO[C@@H]1C[C@H](N(C)Cc2cn(C)c(=O)n(C)c2=O)C12CCCCC2. The van der Waals surface area contributed by atoms with Crippen LogP contribution in [0.25, 0.3) is 0 Å². The van der Waals surface area contributed by atoms with Crippen LogP contribution >= 0.6 is 0 Å². The zero-order chi connectivity index (χ0) is 18.2. The molecule has 140 valence electrons. The van der Waals surface area contributed by atoms with Crippen molar-refractivity contribution < 1.29 is 4.74 Å². The van der Waals surface area contributed by atoms with Gasteiger partial charge in [0.05, 0.1) is 6.10 Å². The van der Waals surface area contributed by atoms with E-state index in [1.165, 1.54) is 41.2 Å². The molecular weight excluding hydrogens is 318 g/mol. The summed E-state index contributed by atoms with van der Waals surface area (Å²) < 4.78 is 8.73. The number of aryl methyl sites for hydroxylation is 1. The Bertz CT molecular complexity index is 730. The quantitative estimate of drug-likeness (QED) is 0.811. The van der Waals surface area contributed by atoms with Gasteiger partial charge in [0, 0.05) is 50.5 Å². The van der Waals surface area contributed by atoms with E-state index in [1.807, 2.05) is 0 Å². The number of rotatable bonds is 5. The second kappa shape index (κ2) is 7.08. The summed E-state index contributed by atoms with van der Waals surface area (Å²) in [4.78, 5) is 26.6. The van der Waals surface area contributed by atoms with Crippen molar-refractivity contribution in [3.8, 4) is 0 Å². The van der Waals surface area contributed by atoms with Crippen LogP contribution in [0.1, 0.15) is 51.0 Å². The molecule has 2 fully saturated rings. The lowest BCUT2D eigenvalue weighted by Crippen LogP contribution is -2.64. The van der Waals surface area contributed by atoms with E-state index >= 15 is 0 Å². The van der Waals surface area contributed by atoms with E-state index in [1.54, 1.807) is 20.3 Å². The number of ether oxygens (including phenoxy) is 1. The van der Waals surface area contributed by atoms with Crippen molar-refractivity contribution in [2.75, 3.05) is 13.7 Å². The Morgan fingerprint density at radius 3 is 2.56 bits per heavy atom. The van der Waals surface area contributed by atoms with Gasteiger partial charge in [-0.15, -0.1) is 0 Å². The van der Waals surface area contributed by atoms with Crippen LogP contribution in [0.5, 0.6) is 0 Å². The van der Waals surface area contributed by atoms with E-state index in [0.29, 0.717) is 24.3 Å². The molecule has 6 heteroatoms. The lowest BCUT2D eigenvalue weighted by atomic mass is 9.54. The predicted molar refractivity (Wildman–Crippen MR) is 97.7 cm³/mol. The molecule has 2 aliphatic carbocycles. The highest BCUT2D eigenvalue weighted by Crippen LogP contribution is 2.55. The molecule has 2 atom stereocenters. The Labute approximate surface area is 149 Å². The molecule has 25 heavy (non-hydrogen) atoms. The van der Waals surface area contributed by atoms with Gasteiger partial charge in [0.2, 0.25) is 0 Å². The third kappa shape index (κ3) is 3.10. The van der Waals surface area contributed by atoms with Crippen molar-refractivity contribution in [2.24, 2.45) is 19.5 Å². The van der Waals surface area contributed by atoms with Crippen LogP contribution < -0.4 is 11.2 Å². The third-order valence-corrected chi connectivity index (χ3v) is 6.36. The van der Waals surface area contributed by atoms with Gasteiger partial charge >= 0.3 is 5.69 Å². The first-order chi connectivity index (χ1) is 11.9. The van der Waals surface area contributed by atoms with Crippen molar-refractivity contribution in [2.45, 2.75) is 64.1 Å². The topological polar surface area (TPSA) is 56.5 Å². The standard InChI is InChI=1S/C19H31N3O3/c1-5-25-16-11-15(19(16)9-7-6-8-10-19)20(2)12-14-13-21(3)18(24)22(4)17(14)23/h13,15-16H,5-12H2,1-4H3/t15-,16+/m0/s1. The molecule has 2 saturated carbocycles. The summed E-state index contributed by atoms with van der Waals surface area (Å²) in [5.74, 6) is 0. The first-order valence-corrected chi connectivity index (χ1v) is 9.48. The van der Waals surface area contributed by atoms with Crippen LogP contribution in [0.3, 0.4) is 0 Å². The minimum Gasteiger partial charge on any atom is -0.378 e. The summed E-state index contributed by atoms with van der Waals surface area (Å²) >= 11 is 0. The molecule has 0 saturated heterocycles. The normalized spacial score (nSPS) is 25.3. The van der Waals surface area contributed by atoms with Gasteiger partial charge in [-0.05, 0) is 33.2 Å². The maximum absolute atomic E-state index is 12.4. The van der Waals surface area contributed by atoms with E-state index < -0.39 is 0 Å². The fourth-order valence-electron chi connectivity index (χ4n) is 5.02. The first-order valence-electron chi connectivity index (χ1n) is 9.48. The fourth-order valence-corrected chi connectivity index (χ4v) is 5.02. The molecule has 2 aliphatic rings. The molecule has 3 rings (SSSR count). The number of aromatic nitrogens is 2. The molecule has 1 aromatic rings.